The van der Waals surface area contributed by atoms with E-state index in [1.165, 1.54) is 33.7 Å². The average molecular weight is 723 g/mol. The lowest BCUT2D eigenvalue weighted by Gasteiger charge is -2.28. The van der Waals surface area contributed by atoms with E-state index in [9.17, 15) is 20.4 Å². The van der Waals surface area contributed by atoms with Crippen LogP contribution in [0.3, 0.4) is 0 Å². The number of aromatic nitrogens is 6. The first-order valence-electron chi connectivity index (χ1n) is 16.4. The van der Waals surface area contributed by atoms with E-state index in [2.05, 4.69) is 30.2 Å². The summed E-state index contributed by atoms with van der Waals surface area (Å²) in [7, 11) is 6.70. The third-order valence-electron chi connectivity index (χ3n) is 8.99. The van der Waals surface area contributed by atoms with Crippen molar-refractivity contribution < 1.29 is 20.4 Å². The van der Waals surface area contributed by atoms with Crippen molar-refractivity contribution in [2.24, 2.45) is 0 Å². The fourth-order valence-electron chi connectivity index (χ4n) is 6.20. The standard InChI is InChI=1S/C37H38N8O4S2/c1-20(2)26-15-28(32(48)17-30(26)46)34-38-40-36-44(34)24-11-7-22(8-12-24)42(5)19-43(6)23-9-13-25(14-10-23)45-35(39-41-37(45)51-50-36)29-16-27(21(3)4)31(47)18-33(29)49/h7-18,20-21,46-49H,19H2,1-6H3. The molecule has 4 N–H and O–H groups in total. The highest BCUT2D eigenvalue weighted by Gasteiger charge is 2.26. The van der Waals surface area contributed by atoms with Gasteiger partial charge in [0.25, 0.3) is 0 Å². The van der Waals surface area contributed by atoms with Gasteiger partial charge < -0.3 is 30.2 Å². The minimum absolute atomic E-state index is 0.000134. The summed E-state index contributed by atoms with van der Waals surface area (Å²) in [5, 5.41) is 62.6. The predicted octanol–water partition coefficient (Wildman–Crippen LogP) is 7.89. The Bertz CT molecular complexity index is 2080. The van der Waals surface area contributed by atoms with E-state index in [1.54, 1.807) is 12.1 Å². The van der Waals surface area contributed by atoms with Crippen molar-refractivity contribution in [1.29, 1.82) is 0 Å². The number of hydrogen-bond acceptors (Lipinski definition) is 12. The molecule has 12 nitrogen and oxygen atoms in total. The minimum atomic E-state index is -0.116. The fraction of sp³-hybridized carbons (Fsp3) is 0.243. The van der Waals surface area contributed by atoms with Crippen LogP contribution in [0.1, 0.15) is 50.7 Å². The monoisotopic (exact) mass is 722 g/mol. The van der Waals surface area contributed by atoms with Gasteiger partial charge >= 0.3 is 0 Å². The van der Waals surface area contributed by atoms with Crippen molar-refractivity contribution >= 4 is 33.0 Å². The highest BCUT2D eigenvalue weighted by atomic mass is 33.1. The topological polar surface area (TPSA) is 149 Å². The lowest BCUT2D eigenvalue weighted by molar-refractivity contribution is 0.443. The first kappa shape index (κ1) is 34.1. The molecule has 0 radical (unpaired) electrons. The number of benzene rings is 4. The minimum Gasteiger partial charge on any atom is -0.508 e. The van der Waals surface area contributed by atoms with E-state index in [4.69, 9.17) is 0 Å². The number of phenols is 4. The third-order valence-corrected chi connectivity index (χ3v) is 11.0. The Balaban J connectivity index is 1.41. The average Bonchev–Trinajstić information content (AvgIpc) is 3.71. The van der Waals surface area contributed by atoms with Crippen molar-refractivity contribution in [2.75, 3.05) is 30.6 Å². The lowest BCUT2D eigenvalue weighted by atomic mass is 9.98. The van der Waals surface area contributed by atoms with Gasteiger partial charge in [-0.1, -0.05) is 27.7 Å². The van der Waals surface area contributed by atoms with Gasteiger partial charge in [0.2, 0.25) is 10.3 Å². The van der Waals surface area contributed by atoms with E-state index in [-0.39, 0.29) is 34.8 Å². The summed E-state index contributed by atoms with van der Waals surface area (Å²) in [4.78, 5) is 4.29. The molecule has 0 atom stereocenters. The Hall–Kier alpha value is -5.34. The number of aromatic hydroxyl groups is 4. The zero-order valence-electron chi connectivity index (χ0n) is 29.0. The molecule has 6 aromatic rings. The Morgan fingerprint density at radius 2 is 0.863 bits per heavy atom. The van der Waals surface area contributed by atoms with Crippen LogP contribution in [0.4, 0.5) is 11.4 Å². The van der Waals surface area contributed by atoms with Crippen LogP contribution in [0.2, 0.25) is 0 Å². The normalized spacial score (nSPS) is 13.3. The van der Waals surface area contributed by atoms with E-state index >= 15 is 0 Å². The van der Waals surface area contributed by atoms with Gasteiger partial charge in [-0.25, -0.2) is 0 Å². The molecule has 0 fully saturated rings. The van der Waals surface area contributed by atoms with Crippen LogP contribution >= 0.6 is 21.6 Å². The molecule has 6 heterocycles. The highest BCUT2D eigenvalue weighted by molar-refractivity contribution is 8.76. The smallest absolute Gasteiger partial charge is 0.207 e. The molecule has 2 aromatic heterocycles. The number of rotatable bonds is 4. The SMILES string of the molecule is CC(C)c1cc(-c2nnc3n2-c2ccc(cc2)N(C)CN(C)c2ccc(cc2)-n2c(nnc2-c2cc(C(C)C)c(O)cc2O)SS3)c(O)cc1O. The molecule has 51 heavy (non-hydrogen) atoms. The molecule has 262 valence electrons. The van der Waals surface area contributed by atoms with Gasteiger partial charge in [0, 0.05) is 49.0 Å². The van der Waals surface area contributed by atoms with Crippen LogP contribution in [0, 0.1) is 0 Å². The van der Waals surface area contributed by atoms with Crippen molar-refractivity contribution in [3.63, 3.8) is 0 Å². The maximum atomic E-state index is 11.1. The molecular weight excluding hydrogens is 685 g/mol. The van der Waals surface area contributed by atoms with Gasteiger partial charge in [-0.3, -0.25) is 9.13 Å². The molecule has 4 aliphatic rings. The summed E-state index contributed by atoms with van der Waals surface area (Å²) in [5.41, 5.74) is 5.78. The molecule has 4 aliphatic heterocycles. The lowest BCUT2D eigenvalue weighted by Crippen LogP contribution is -2.32. The largest absolute Gasteiger partial charge is 0.508 e. The maximum absolute atomic E-state index is 11.1. The molecule has 0 saturated carbocycles. The predicted molar refractivity (Wildman–Crippen MR) is 202 cm³/mol. The Kier molecular flexibility index (Phi) is 8.98. The van der Waals surface area contributed by atoms with E-state index in [0.717, 1.165) is 22.7 Å². The van der Waals surface area contributed by atoms with Crippen LogP contribution in [-0.2, 0) is 0 Å². The van der Waals surface area contributed by atoms with Gasteiger partial charge in [0.1, 0.15) is 23.0 Å². The summed E-state index contributed by atoms with van der Waals surface area (Å²) in [5.74, 6) is 0.609. The van der Waals surface area contributed by atoms with Crippen molar-refractivity contribution in [3.8, 4) is 57.1 Å². The zero-order chi connectivity index (χ0) is 36.1. The fourth-order valence-corrected chi connectivity index (χ4v) is 8.13. The first-order chi connectivity index (χ1) is 24.4. The van der Waals surface area contributed by atoms with E-state index < -0.39 is 0 Å². The summed E-state index contributed by atoms with van der Waals surface area (Å²) in [6.07, 6.45) is 0. The second kappa shape index (κ2) is 13.4. The van der Waals surface area contributed by atoms with Crippen LogP contribution in [-0.4, -0.2) is 70.7 Å². The number of anilines is 2. The third kappa shape index (κ3) is 6.29. The Morgan fingerprint density at radius 1 is 0.510 bits per heavy atom. The first-order valence-corrected chi connectivity index (χ1v) is 18.6. The van der Waals surface area contributed by atoms with Gasteiger partial charge in [0.05, 0.1) is 17.8 Å². The molecule has 4 aromatic carbocycles. The number of phenolic OH excluding ortho intramolecular Hbond substituents is 4. The van der Waals surface area contributed by atoms with Crippen molar-refractivity contribution in [2.45, 2.75) is 49.8 Å². The van der Waals surface area contributed by atoms with Crippen LogP contribution in [0.25, 0.3) is 34.2 Å². The summed E-state index contributed by atoms with van der Waals surface area (Å²) >= 11 is 0. The van der Waals surface area contributed by atoms with Crippen molar-refractivity contribution in [1.82, 2.24) is 29.5 Å². The second-order valence-corrected chi connectivity index (χ2v) is 15.2. The molecule has 10 rings (SSSR count). The summed E-state index contributed by atoms with van der Waals surface area (Å²) < 4.78 is 3.75. The maximum Gasteiger partial charge on any atom is 0.207 e. The van der Waals surface area contributed by atoms with Crippen LogP contribution in [0.5, 0.6) is 23.0 Å². The molecule has 0 unspecified atom stereocenters. The summed E-state index contributed by atoms with van der Waals surface area (Å²) in [6, 6.07) is 22.3. The summed E-state index contributed by atoms with van der Waals surface area (Å²) in [6.45, 7) is 8.50. The second-order valence-electron chi connectivity index (χ2n) is 13.2. The van der Waals surface area contributed by atoms with Gasteiger partial charge in [-0.05, 0) is 105 Å². The highest BCUT2D eigenvalue weighted by Crippen LogP contribution is 2.45. The number of hydrogen-bond donors (Lipinski definition) is 4. The van der Waals surface area contributed by atoms with Crippen LogP contribution in [0.15, 0.2) is 83.1 Å². The Morgan fingerprint density at radius 3 is 1.22 bits per heavy atom. The van der Waals surface area contributed by atoms with E-state index in [1.807, 2.05) is 99.5 Å². The Labute approximate surface area is 303 Å². The molecule has 4 bridgehead atoms. The zero-order valence-corrected chi connectivity index (χ0v) is 30.6. The van der Waals surface area contributed by atoms with Crippen molar-refractivity contribution in [3.05, 3.63) is 83.9 Å². The molecule has 0 aliphatic carbocycles. The molecule has 0 saturated heterocycles. The molecule has 14 heteroatoms. The molecule has 0 spiro atoms. The quantitative estimate of drug-likeness (QED) is 0.131. The van der Waals surface area contributed by atoms with E-state index in [0.29, 0.717) is 50.9 Å². The van der Waals surface area contributed by atoms with Gasteiger partial charge in [-0.2, -0.15) is 0 Å². The van der Waals surface area contributed by atoms with Gasteiger partial charge in [0.15, 0.2) is 11.6 Å². The number of nitrogens with zero attached hydrogens (tertiary/aromatic N) is 8. The molecular formula is C37H38N8O4S2. The molecule has 0 amide bonds. The van der Waals surface area contributed by atoms with Crippen LogP contribution < -0.4 is 9.80 Å². The van der Waals surface area contributed by atoms with Gasteiger partial charge in [-0.15, -0.1) is 20.4 Å².